The predicted molar refractivity (Wildman–Crippen MR) is 81.1 cm³/mol. The van der Waals surface area contributed by atoms with Crippen LogP contribution in [0.1, 0.15) is 56.0 Å². The lowest BCUT2D eigenvalue weighted by Gasteiger charge is -2.45. The van der Waals surface area contributed by atoms with Gasteiger partial charge in [-0.25, -0.2) is 5.43 Å². The molecule has 1 aliphatic carbocycles. The molecule has 1 heterocycles. The summed E-state index contributed by atoms with van der Waals surface area (Å²) in [5.41, 5.74) is 4.21. The lowest BCUT2D eigenvalue weighted by Crippen LogP contribution is -2.51. The van der Waals surface area contributed by atoms with E-state index in [1.807, 2.05) is 0 Å². The molecule has 4 heteroatoms. The topological polar surface area (TPSA) is 47.3 Å². The Hall–Kier alpha value is -0.420. The van der Waals surface area contributed by atoms with Crippen molar-refractivity contribution in [3.8, 4) is 0 Å². The number of aryl methyl sites for hydroxylation is 1. The van der Waals surface area contributed by atoms with Gasteiger partial charge in [0.05, 0.1) is 11.6 Å². The Balaban J connectivity index is 2.32. The van der Waals surface area contributed by atoms with Gasteiger partial charge in [0.15, 0.2) is 0 Å². The summed E-state index contributed by atoms with van der Waals surface area (Å²) >= 11 is 1.78. The number of thiophene rings is 1. The standard InChI is InChI=1S/C15H26N2OS/c1-4-18-15(8-5-6-11(2)10-15)14(17-16)13-12(3)7-9-19-13/h7,9,11,14,17H,4-6,8,10,16H2,1-3H3. The largest absolute Gasteiger partial charge is 0.373 e. The van der Waals surface area contributed by atoms with E-state index in [4.69, 9.17) is 10.6 Å². The molecule has 0 spiro atoms. The second-order valence-electron chi connectivity index (χ2n) is 5.77. The van der Waals surface area contributed by atoms with Gasteiger partial charge in [-0.1, -0.05) is 19.8 Å². The van der Waals surface area contributed by atoms with Crippen molar-refractivity contribution >= 4 is 11.3 Å². The molecular formula is C15H26N2OS. The van der Waals surface area contributed by atoms with E-state index in [1.54, 1.807) is 11.3 Å². The van der Waals surface area contributed by atoms with Gasteiger partial charge in [-0.15, -0.1) is 11.3 Å². The first kappa shape index (κ1) is 15.0. The van der Waals surface area contributed by atoms with Crippen molar-refractivity contribution in [3.05, 3.63) is 21.9 Å². The quantitative estimate of drug-likeness (QED) is 0.641. The highest BCUT2D eigenvalue weighted by Gasteiger charge is 2.44. The van der Waals surface area contributed by atoms with Gasteiger partial charge in [-0.05, 0) is 49.6 Å². The molecule has 0 aliphatic heterocycles. The molecule has 0 bridgehead atoms. The van der Waals surface area contributed by atoms with Crippen LogP contribution in [-0.4, -0.2) is 12.2 Å². The highest BCUT2D eigenvalue weighted by atomic mass is 32.1. The smallest absolute Gasteiger partial charge is 0.0899 e. The maximum absolute atomic E-state index is 6.24. The zero-order valence-corrected chi connectivity index (χ0v) is 13.1. The van der Waals surface area contributed by atoms with Crippen LogP contribution in [0, 0.1) is 12.8 Å². The Morgan fingerprint density at radius 2 is 2.42 bits per heavy atom. The molecule has 1 aromatic heterocycles. The number of hydrogen-bond acceptors (Lipinski definition) is 4. The third-order valence-corrected chi connectivity index (χ3v) is 5.36. The molecular weight excluding hydrogens is 256 g/mol. The summed E-state index contributed by atoms with van der Waals surface area (Å²) in [5, 5.41) is 2.14. The number of hydrogen-bond donors (Lipinski definition) is 2. The van der Waals surface area contributed by atoms with Crippen LogP contribution in [0.2, 0.25) is 0 Å². The van der Waals surface area contributed by atoms with E-state index in [2.05, 4.69) is 37.6 Å². The Morgan fingerprint density at radius 3 is 2.95 bits per heavy atom. The van der Waals surface area contributed by atoms with Crippen molar-refractivity contribution in [1.29, 1.82) is 0 Å². The summed E-state index contributed by atoms with van der Waals surface area (Å²) in [6, 6.07) is 2.27. The predicted octanol–water partition coefficient (Wildman–Crippen LogP) is 3.55. The van der Waals surface area contributed by atoms with E-state index in [0.29, 0.717) is 5.92 Å². The number of nitrogens with two attached hydrogens (primary N) is 1. The fourth-order valence-electron chi connectivity index (χ4n) is 3.45. The van der Waals surface area contributed by atoms with Crippen molar-refractivity contribution in [1.82, 2.24) is 5.43 Å². The van der Waals surface area contributed by atoms with E-state index in [9.17, 15) is 0 Å². The Morgan fingerprint density at radius 1 is 1.63 bits per heavy atom. The molecule has 0 saturated heterocycles. The Labute approximate surface area is 120 Å². The third kappa shape index (κ3) is 3.02. The van der Waals surface area contributed by atoms with Gasteiger partial charge in [0, 0.05) is 11.5 Å². The van der Waals surface area contributed by atoms with Gasteiger partial charge in [-0.3, -0.25) is 5.84 Å². The van der Waals surface area contributed by atoms with Crippen molar-refractivity contribution in [3.63, 3.8) is 0 Å². The SMILES string of the molecule is CCOC1(C(NN)c2sccc2C)CCCC(C)C1. The van der Waals surface area contributed by atoms with Crippen LogP contribution in [0.15, 0.2) is 11.4 Å². The molecule has 2 rings (SSSR count). The van der Waals surface area contributed by atoms with Crippen LogP contribution in [0.5, 0.6) is 0 Å². The molecule has 1 aliphatic rings. The highest BCUT2D eigenvalue weighted by molar-refractivity contribution is 7.10. The maximum atomic E-state index is 6.24. The van der Waals surface area contributed by atoms with Crippen LogP contribution in [0.25, 0.3) is 0 Å². The number of hydrazine groups is 1. The van der Waals surface area contributed by atoms with Crippen molar-refractivity contribution in [2.24, 2.45) is 11.8 Å². The second-order valence-corrected chi connectivity index (χ2v) is 6.71. The molecule has 3 unspecified atom stereocenters. The highest BCUT2D eigenvalue weighted by Crippen LogP contribution is 2.45. The summed E-state index contributed by atoms with van der Waals surface area (Å²) < 4.78 is 6.24. The first-order chi connectivity index (χ1) is 9.13. The van der Waals surface area contributed by atoms with Crippen molar-refractivity contribution in [2.45, 2.75) is 58.1 Å². The first-order valence-electron chi connectivity index (χ1n) is 7.27. The van der Waals surface area contributed by atoms with Crippen molar-refractivity contribution < 1.29 is 4.74 Å². The maximum Gasteiger partial charge on any atom is 0.0899 e. The molecule has 108 valence electrons. The molecule has 1 fully saturated rings. The lowest BCUT2D eigenvalue weighted by molar-refractivity contribution is -0.101. The zero-order valence-electron chi connectivity index (χ0n) is 12.2. The average molecular weight is 282 g/mol. The van der Waals surface area contributed by atoms with E-state index in [0.717, 1.165) is 19.4 Å². The molecule has 1 saturated carbocycles. The summed E-state index contributed by atoms with van der Waals surface area (Å²) in [6.07, 6.45) is 4.71. The molecule has 3 nitrogen and oxygen atoms in total. The fraction of sp³-hybridized carbons (Fsp3) is 0.733. The minimum atomic E-state index is -0.142. The molecule has 19 heavy (non-hydrogen) atoms. The van der Waals surface area contributed by atoms with Gasteiger partial charge in [0.25, 0.3) is 0 Å². The minimum absolute atomic E-state index is 0.107. The van der Waals surface area contributed by atoms with Crippen LogP contribution in [0.3, 0.4) is 0 Å². The second kappa shape index (κ2) is 6.35. The van der Waals surface area contributed by atoms with E-state index < -0.39 is 0 Å². The summed E-state index contributed by atoms with van der Waals surface area (Å²) in [7, 11) is 0. The number of ether oxygens (including phenoxy) is 1. The number of nitrogens with one attached hydrogen (secondary N) is 1. The summed E-state index contributed by atoms with van der Waals surface area (Å²) in [6.45, 7) is 7.30. The van der Waals surface area contributed by atoms with E-state index in [1.165, 1.54) is 23.3 Å². The molecule has 3 atom stereocenters. The summed E-state index contributed by atoms with van der Waals surface area (Å²) in [4.78, 5) is 1.32. The monoisotopic (exact) mass is 282 g/mol. The van der Waals surface area contributed by atoms with Crippen molar-refractivity contribution in [2.75, 3.05) is 6.61 Å². The first-order valence-corrected chi connectivity index (χ1v) is 8.15. The number of rotatable bonds is 5. The van der Waals surface area contributed by atoms with Crippen LogP contribution in [0.4, 0.5) is 0 Å². The molecule has 3 N–H and O–H groups in total. The van der Waals surface area contributed by atoms with Gasteiger partial charge >= 0.3 is 0 Å². The van der Waals surface area contributed by atoms with Gasteiger partial charge in [0.2, 0.25) is 0 Å². The van der Waals surface area contributed by atoms with Crippen LogP contribution in [-0.2, 0) is 4.74 Å². The fourth-order valence-corrected chi connectivity index (χ4v) is 4.55. The van der Waals surface area contributed by atoms with E-state index >= 15 is 0 Å². The third-order valence-electron chi connectivity index (χ3n) is 4.28. The molecule has 1 aromatic rings. The van der Waals surface area contributed by atoms with Gasteiger partial charge < -0.3 is 4.74 Å². The summed E-state index contributed by atoms with van der Waals surface area (Å²) in [5.74, 6) is 6.61. The Kier molecular flexibility index (Phi) is 5.01. The van der Waals surface area contributed by atoms with E-state index in [-0.39, 0.29) is 11.6 Å². The van der Waals surface area contributed by atoms with Crippen LogP contribution < -0.4 is 11.3 Å². The molecule has 0 radical (unpaired) electrons. The normalized spacial score (nSPS) is 29.4. The Bertz CT molecular complexity index is 403. The minimum Gasteiger partial charge on any atom is -0.373 e. The lowest BCUT2D eigenvalue weighted by atomic mass is 9.74. The molecule has 0 aromatic carbocycles. The average Bonchev–Trinajstić information content (AvgIpc) is 2.77. The van der Waals surface area contributed by atoms with Gasteiger partial charge in [-0.2, -0.15) is 0 Å². The van der Waals surface area contributed by atoms with Gasteiger partial charge in [0.1, 0.15) is 0 Å². The molecule has 0 amide bonds. The zero-order chi connectivity index (χ0) is 13.9. The van der Waals surface area contributed by atoms with Crippen LogP contribution >= 0.6 is 11.3 Å².